The Morgan fingerprint density at radius 1 is 1.50 bits per heavy atom. The lowest BCUT2D eigenvalue weighted by molar-refractivity contribution is -0.121. The highest BCUT2D eigenvalue weighted by Gasteiger charge is 2.14. The number of hydrazine groups is 1. The van der Waals surface area contributed by atoms with Crippen molar-refractivity contribution in [3.8, 4) is 0 Å². The van der Waals surface area contributed by atoms with Crippen LogP contribution in [0.2, 0.25) is 0 Å². The van der Waals surface area contributed by atoms with E-state index in [-0.39, 0.29) is 5.91 Å². The highest BCUT2D eigenvalue weighted by Crippen LogP contribution is 2.10. The maximum Gasteiger partial charge on any atom is 0.238 e. The second kappa shape index (κ2) is 4.04. The van der Waals surface area contributed by atoms with Crippen LogP contribution in [-0.2, 0) is 4.79 Å². The molecule has 0 saturated carbocycles. The lowest BCUT2D eigenvalue weighted by atomic mass is 10.2. The first-order chi connectivity index (χ1) is 6.86. The zero-order valence-electron chi connectivity index (χ0n) is 7.73. The Hall–Kier alpha value is -1.65. The van der Waals surface area contributed by atoms with Crippen LogP contribution in [0.5, 0.6) is 0 Å². The molecule has 14 heavy (non-hydrogen) atoms. The van der Waals surface area contributed by atoms with Crippen molar-refractivity contribution in [2.24, 2.45) is 0 Å². The Balaban J connectivity index is 2.13. The van der Waals surface area contributed by atoms with E-state index in [2.05, 4.69) is 21.7 Å². The molecule has 1 aliphatic heterocycles. The number of nitrogens with zero attached hydrogens (tertiary/aromatic N) is 3. The summed E-state index contributed by atoms with van der Waals surface area (Å²) in [7, 11) is 0. The molecule has 0 atom stereocenters. The van der Waals surface area contributed by atoms with Crippen LogP contribution in [0.15, 0.2) is 12.3 Å². The third-order valence-electron chi connectivity index (χ3n) is 2.09. The number of carbonyl (C=O) groups excluding carboxylic acids is 1. The zero-order valence-corrected chi connectivity index (χ0v) is 7.73. The first-order valence-corrected chi connectivity index (χ1v) is 4.62. The standard InChI is InChI=1S/C9H11N4O/c14-9-3-1-2-6-13(12-9)8-4-5-10-7-11-8/h4-5H,1-3,6H2,(H,12,14). The molecule has 1 radical (unpaired) electrons. The van der Waals surface area contributed by atoms with Gasteiger partial charge in [0.2, 0.25) is 5.91 Å². The summed E-state index contributed by atoms with van der Waals surface area (Å²) in [5.41, 5.74) is 2.78. The fourth-order valence-electron chi connectivity index (χ4n) is 1.39. The number of hydrogen-bond donors (Lipinski definition) is 1. The minimum Gasteiger partial charge on any atom is -0.273 e. The predicted octanol–water partition coefficient (Wildman–Crippen LogP) is 0.298. The van der Waals surface area contributed by atoms with Crippen molar-refractivity contribution in [1.82, 2.24) is 15.4 Å². The third kappa shape index (κ3) is 1.99. The van der Waals surface area contributed by atoms with Gasteiger partial charge in [-0.1, -0.05) is 0 Å². The molecule has 5 heteroatoms. The van der Waals surface area contributed by atoms with Crippen molar-refractivity contribution >= 4 is 11.7 Å². The smallest absolute Gasteiger partial charge is 0.238 e. The molecule has 5 nitrogen and oxygen atoms in total. The number of nitrogens with one attached hydrogen (secondary N) is 1. The molecule has 0 aromatic carbocycles. The Kier molecular flexibility index (Phi) is 2.58. The van der Waals surface area contributed by atoms with Gasteiger partial charge in [0.15, 0.2) is 12.1 Å². The maximum absolute atomic E-state index is 11.3. The Morgan fingerprint density at radius 2 is 2.43 bits per heavy atom. The zero-order chi connectivity index (χ0) is 9.80. The molecular formula is C9H11N4O. The molecule has 1 aromatic heterocycles. The number of carbonyl (C=O) groups is 1. The molecule has 1 aromatic rings. The summed E-state index contributed by atoms with van der Waals surface area (Å²) in [5.74, 6) is 0.733. The highest BCUT2D eigenvalue weighted by atomic mass is 16.2. The number of rotatable bonds is 1. The molecule has 0 bridgehead atoms. The molecule has 2 heterocycles. The van der Waals surface area contributed by atoms with Gasteiger partial charge in [0.05, 0.1) is 0 Å². The second-order valence-corrected chi connectivity index (χ2v) is 3.16. The quantitative estimate of drug-likeness (QED) is 0.693. The Morgan fingerprint density at radius 3 is 3.21 bits per heavy atom. The van der Waals surface area contributed by atoms with Crippen LogP contribution >= 0.6 is 0 Å². The van der Waals surface area contributed by atoms with Gasteiger partial charge in [0.1, 0.15) is 0 Å². The molecule has 1 aliphatic rings. The van der Waals surface area contributed by atoms with Gasteiger partial charge in [-0.05, 0) is 12.8 Å². The van der Waals surface area contributed by atoms with Crippen LogP contribution in [0.25, 0.3) is 0 Å². The second-order valence-electron chi connectivity index (χ2n) is 3.16. The summed E-state index contributed by atoms with van der Waals surface area (Å²) >= 11 is 0. The number of anilines is 1. The topological polar surface area (TPSA) is 58.1 Å². The van der Waals surface area contributed by atoms with Gasteiger partial charge in [-0.15, -0.1) is 0 Å². The summed E-state index contributed by atoms with van der Waals surface area (Å²) < 4.78 is 0. The van der Waals surface area contributed by atoms with Gasteiger partial charge in [-0.2, -0.15) is 0 Å². The molecule has 0 aliphatic carbocycles. The van der Waals surface area contributed by atoms with Crippen molar-refractivity contribution < 1.29 is 4.79 Å². The predicted molar refractivity (Wildman–Crippen MR) is 50.2 cm³/mol. The van der Waals surface area contributed by atoms with E-state index in [9.17, 15) is 4.79 Å². The average Bonchev–Trinajstić information content (AvgIpc) is 2.44. The summed E-state index contributed by atoms with van der Waals surface area (Å²) in [6.45, 7) is 0.788. The normalized spacial score (nSPS) is 17.4. The van der Waals surface area contributed by atoms with E-state index >= 15 is 0 Å². The molecule has 1 N–H and O–H groups in total. The lowest BCUT2D eigenvalue weighted by Gasteiger charge is -2.20. The van der Waals surface area contributed by atoms with Crippen LogP contribution in [0.1, 0.15) is 19.3 Å². The van der Waals surface area contributed by atoms with E-state index in [1.165, 1.54) is 0 Å². The average molecular weight is 191 g/mol. The van der Waals surface area contributed by atoms with E-state index in [1.54, 1.807) is 17.3 Å². The minimum absolute atomic E-state index is 0.0427. The summed E-state index contributed by atoms with van der Waals surface area (Å²) in [4.78, 5) is 18.9. The molecular weight excluding hydrogens is 180 g/mol. The van der Waals surface area contributed by atoms with Gasteiger partial charge < -0.3 is 0 Å². The van der Waals surface area contributed by atoms with Gasteiger partial charge in [0, 0.05) is 25.2 Å². The van der Waals surface area contributed by atoms with E-state index in [1.807, 2.05) is 0 Å². The van der Waals surface area contributed by atoms with E-state index in [0.717, 1.165) is 19.4 Å². The molecule has 2 rings (SSSR count). The van der Waals surface area contributed by atoms with Gasteiger partial charge in [-0.25, -0.2) is 9.97 Å². The molecule has 1 amide bonds. The molecule has 1 saturated heterocycles. The minimum atomic E-state index is 0.0427. The number of hydrogen-bond acceptors (Lipinski definition) is 4. The fourth-order valence-corrected chi connectivity index (χ4v) is 1.39. The van der Waals surface area contributed by atoms with E-state index in [4.69, 9.17) is 0 Å². The highest BCUT2D eigenvalue weighted by molar-refractivity contribution is 5.77. The monoisotopic (exact) mass is 191 g/mol. The van der Waals surface area contributed by atoms with Gasteiger partial charge in [-0.3, -0.25) is 15.2 Å². The van der Waals surface area contributed by atoms with Crippen LogP contribution in [0, 0.1) is 6.33 Å². The first kappa shape index (κ1) is 8.93. The van der Waals surface area contributed by atoms with Crippen LogP contribution in [0.3, 0.4) is 0 Å². The number of amides is 1. The van der Waals surface area contributed by atoms with Crippen LogP contribution in [-0.4, -0.2) is 22.4 Å². The lowest BCUT2D eigenvalue weighted by Crippen LogP contribution is -2.41. The van der Waals surface area contributed by atoms with Crippen molar-refractivity contribution in [1.29, 1.82) is 0 Å². The summed E-state index contributed by atoms with van der Waals surface area (Å²) in [6, 6.07) is 1.75. The van der Waals surface area contributed by atoms with Crippen molar-refractivity contribution in [3.05, 3.63) is 18.6 Å². The van der Waals surface area contributed by atoms with E-state index in [0.29, 0.717) is 12.2 Å². The van der Waals surface area contributed by atoms with Gasteiger partial charge in [0.25, 0.3) is 0 Å². The maximum atomic E-state index is 11.3. The summed E-state index contributed by atoms with van der Waals surface area (Å²) in [6.07, 6.45) is 6.62. The third-order valence-corrected chi connectivity index (χ3v) is 2.09. The molecule has 0 spiro atoms. The number of aromatic nitrogens is 2. The Bertz CT molecular complexity index is 314. The summed E-state index contributed by atoms with van der Waals surface area (Å²) in [5, 5.41) is 1.74. The SMILES string of the molecule is O=C1CCCCN(c2ccn[c]n2)N1. The van der Waals surface area contributed by atoms with Crippen molar-refractivity contribution in [2.45, 2.75) is 19.3 Å². The van der Waals surface area contributed by atoms with Crippen molar-refractivity contribution in [3.63, 3.8) is 0 Å². The van der Waals surface area contributed by atoms with Crippen LogP contribution in [0.4, 0.5) is 5.82 Å². The molecule has 0 unspecified atom stereocenters. The largest absolute Gasteiger partial charge is 0.273 e. The fraction of sp³-hybridized carbons (Fsp3) is 0.444. The molecule has 73 valence electrons. The van der Waals surface area contributed by atoms with Gasteiger partial charge >= 0.3 is 0 Å². The Labute approximate surface area is 82.1 Å². The van der Waals surface area contributed by atoms with Crippen molar-refractivity contribution in [2.75, 3.05) is 11.6 Å². The first-order valence-electron chi connectivity index (χ1n) is 4.62. The molecule has 1 fully saturated rings. The van der Waals surface area contributed by atoms with Crippen LogP contribution < -0.4 is 10.4 Å². The van der Waals surface area contributed by atoms with E-state index < -0.39 is 0 Å².